The maximum atomic E-state index is 6.03. The fourth-order valence-corrected chi connectivity index (χ4v) is 5.18. The molecule has 2 rings (SSSR count). The first-order valence-corrected chi connectivity index (χ1v) is 12.3. The van der Waals surface area contributed by atoms with Gasteiger partial charge >= 0.3 is 0 Å². The highest BCUT2D eigenvalue weighted by atomic mass is 16.5. The van der Waals surface area contributed by atoms with E-state index in [1.165, 1.54) is 33.0 Å². The molecule has 0 bridgehead atoms. The van der Waals surface area contributed by atoms with Crippen LogP contribution in [-0.4, -0.2) is 214 Å². The fourth-order valence-electron chi connectivity index (χ4n) is 5.18. The van der Waals surface area contributed by atoms with Crippen LogP contribution in [-0.2, 0) is 4.74 Å². The van der Waals surface area contributed by atoms with Crippen molar-refractivity contribution in [2.75, 3.05) is 39.3 Å². The Morgan fingerprint density at radius 1 is 0.714 bits per heavy atom. The summed E-state index contributed by atoms with van der Waals surface area (Å²) in [7, 11) is 71.4. The number of hydrogen-bond donors (Lipinski definition) is 1. The van der Waals surface area contributed by atoms with Gasteiger partial charge in [0.2, 0.25) is 0 Å². The van der Waals surface area contributed by atoms with Crippen molar-refractivity contribution in [3.05, 3.63) is 0 Å². The van der Waals surface area contributed by atoms with Gasteiger partial charge in [-0.1, -0.05) is 0 Å². The Hall–Kier alpha value is 1.37. The predicted molar refractivity (Wildman–Crippen MR) is 181 cm³/mol. The first-order chi connectivity index (χ1) is 16.4. The van der Waals surface area contributed by atoms with E-state index in [-0.39, 0.29) is 0 Å². The van der Waals surface area contributed by atoms with Crippen molar-refractivity contribution in [1.82, 2.24) is 10.2 Å². The molecule has 25 radical (unpaired) electrons. The number of ether oxygens (including phenoxy) is 1. The van der Waals surface area contributed by atoms with Gasteiger partial charge in [-0.3, -0.25) is 4.90 Å². The van der Waals surface area contributed by atoms with Crippen molar-refractivity contribution < 1.29 is 4.74 Å². The summed E-state index contributed by atoms with van der Waals surface area (Å²) in [6.07, 6.45) is -4.97. The van der Waals surface area contributed by atoms with Gasteiger partial charge in [-0.15, -0.1) is 0 Å². The normalized spacial score (nSPS) is 17.2. The van der Waals surface area contributed by atoms with Crippen molar-refractivity contribution in [2.45, 2.75) is 18.9 Å². The van der Waals surface area contributed by atoms with Crippen LogP contribution in [0.1, 0.15) is 12.8 Å². The highest BCUT2D eigenvalue weighted by molar-refractivity contribution is 8.22. The Labute approximate surface area is 236 Å². The van der Waals surface area contributed by atoms with E-state index < -0.39 is 63.9 Å². The van der Waals surface area contributed by atoms with Crippen molar-refractivity contribution in [3.63, 3.8) is 0 Å². The SMILES string of the molecule is C1COC(CN2CCNCC2)C1.[B][B]B([B])B(B([B])[B])B(B(B([B])[B])B([B])[B])B(B([B])[B])B([B])[B]. The van der Waals surface area contributed by atoms with Crippen molar-refractivity contribution in [1.29, 1.82) is 0 Å². The van der Waals surface area contributed by atoms with E-state index in [1.807, 2.05) is 0 Å². The monoisotopic (exact) mass is 423 g/mol. The number of nitrogens with zero attached hydrogens (tertiary/aromatic N) is 1. The van der Waals surface area contributed by atoms with Gasteiger partial charge in [-0.05, 0) is 12.8 Å². The highest BCUT2D eigenvalue weighted by Gasteiger charge is 2.47. The van der Waals surface area contributed by atoms with Crippen LogP contribution in [0.5, 0.6) is 0 Å². The Morgan fingerprint density at radius 2 is 1.17 bits per heavy atom. The maximum Gasteiger partial charge on any atom is 0.0702 e. The van der Waals surface area contributed by atoms with E-state index in [0.717, 1.165) is 26.2 Å². The molecule has 1 unspecified atom stereocenters. The zero-order valence-corrected chi connectivity index (χ0v) is 20.9. The molecule has 0 amide bonds. The minimum Gasteiger partial charge on any atom is -0.377 e. The first-order valence-electron chi connectivity index (χ1n) is 12.3. The summed E-state index contributed by atoms with van der Waals surface area (Å²) in [6, 6.07) is 0. The van der Waals surface area contributed by atoms with Crippen LogP contribution < -0.4 is 5.32 Å². The van der Waals surface area contributed by atoms with Crippen LogP contribution in [0.25, 0.3) is 0 Å². The van der Waals surface area contributed by atoms with Gasteiger partial charge in [-0.2, -0.15) is 0 Å². The molecule has 2 fully saturated rings. The zero-order valence-electron chi connectivity index (χ0n) is 20.9. The number of hydrogen-bond acceptors (Lipinski definition) is 3. The minimum atomic E-state index is -0.925. The second-order valence-corrected chi connectivity index (χ2v) is 9.65. The van der Waals surface area contributed by atoms with Crippen LogP contribution >= 0.6 is 0 Å². The van der Waals surface area contributed by atoms with E-state index in [4.69, 9.17) is 97.6 Å². The summed E-state index contributed by atoms with van der Waals surface area (Å²) in [5.41, 5.74) is 0. The molecule has 0 aliphatic carbocycles. The van der Waals surface area contributed by atoms with E-state index >= 15 is 0 Å². The van der Waals surface area contributed by atoms with Gasteiger partial charge in [0.05, 0.1) is 6.10 Å². The third-order valence-corrected chi connectivity index (χ3v) is 6.92. The Kier molecular flexibility index (Phi) is 17.6. The zero-order chi connectivity index (χ0) is 26.7. The van der Waals surface area contributed by atoms with Crippen molar-refractivity contribution in [2.24, 2.45) is 0 Å². The van der Waals surface area contributed by atoms with E-state index in [2.05, 4.69) is 10.2 Å². The summed E-state index contributed by atoms with van der Waals surface area (Å²) < 4.78 is 5.59. The quantitative estimate of drug-likeness (QED) is 0.319. The Morgan fingerprint density at radius 3 is 1.51 bits per heavy atom. The molecule has 1 atom stereocenters. The average Bonchev–Trinajstić information content (AvgIpc) is 3.26. The second kappa shape index (κ2) is 17.9. The molecule has 35 heavy (non-hydrogen) atoms. The third-order valence-electron chi connectivity index (χ3n) is 6.92. The van der Waals surface area contributed by atoms with Gasteiger partial charge in [0.25, 0.3) is 0 Å². The van der Waals surface area contributed by atoms with Crippen LogP contribution in [0.15, 0.2) is 0 Å². The molecular formula is C9H18B23N2O. The van der Waals surface area contributed by atoms with Gasteiger partial charge in [-0.25, -0.2) is 0 Å². The van der Waals surface area contributed by atoms with Gasteiger partial charge in [0.15, 0.2) is 0 Å². The summed E-state index contributed by atoms with van der Waals surface area (Å²) in [6.45, 7) is 6.82. The second-order valence-electron chi connectivity index (χ2n) is 9.65. The molecule has 0 aromatic heterocycles. The molecule has 0 aromatic carbocycles. The first kappa shape index (κ1) is 34.4. The van der Waals surface area contributed by atoms with Gasteiger partial charge in [0.1, 0.15) is 0 Å². The van der Waals surface area contributed by atoms with Crippen LogP contribution in [0.2, 0.25) is 0 Å². The molecule has 2 saturated heterocycles. The predicted octanol–water partition coefficient (Wildman–Crippen LogP) is -8.69. The maximum absolute atomic E-state index is 6.03. The molecular weight excluding hydrogens is 401 g/mol. The summed E-state index contributed by atoms with van der Waals surface area (Å²) in [5.74, 6) is 0. The average molecular weight is 419 g/mol. The molecule has 2 aliphatic rings. The molecule has 2 heterocycles. The summed E-state index contributed by atoms with van der Waals surface area (Å²) in [4.78, 5) is 2.51. The topological polar surface area (TPSA) is 24.5 Å². The third kappa shape index (κ3) is 11.6. The van der Waals surface area contributed by atoms with Crippen LogP contribution in [0.3, 0.4) is 0 Å². The largest absolute Gasteiger partial charge is 0.377 e. The number of nitrogens with one attached hydrogen (secondary N) is 1. The highest BCUT2D eigenvalue weighted by Crippen LogP contribution is 2.13. The Balaban J connectivity index is 0.000000420. The number of rotatable bonds is 12. The fraction of sp³-hybridized carbons (Fsp3) is 1.00. The van der Waals surface area contributed by atoms with E-state index in [9.17, 15) is 0 Å². The van der Waals surface area contributed by atoms with Gasteiger partial charge in [0, 0.05) is 203 Å². The summed E-state index contributed by atoms with van der Waals surface area (Å²) >= 11 is 0. The van der Waals surface area contributed by atoms with Crippen molar-refractivity contribution >= 4 is 164 Å². The molecule has 0 saturated carbocycles. The lowest BCUT2D eigenvalue weighted by atomic mass is 8.36. The summed E-state index contributed by atoms with van der Waals surface area (Å²) in [5, 5.41) is 3.36. The molecule has 2 aliphatic heterocycles. The lowest BCUT2D eigenvalue weighted by Gasteiger charge is -2.45. The molecule has 26 heteroatoms. The molecule has 0 spiro atoms. The smallest absolute Gasteiger partial charge is 0.0702 e. The van der Waals surface area contributed by atoms with Crippen molar-refractivity contribution in [3.8, 4) is 0 Å². The molecule has 1 N–H and O–H groups in total. The van der Waals surface area contributed by atoms with Gasteiger partial charge < -0.3 is 10.1 Å². The lowest BCUT2D eigenvalue weighted by molar-refractivity contribution is 0.0691. The minimum absolute atomic E-state index is 0.531. The molecule has 3 nitrogen and oxygen atoms in total. The lowest BCUT2D eigenvalue weighted by Crippen LogP contribution is -2.83. The van der Waals surface area contributed by atoms with E-state index in [1.54, 1.807) is 0 Å². The number of piperazine rings is 1. The van der Waals surface area contributed by atoms with E-state index in [0.29, 0.717) is 6.10 Å². The van der Waals surface area contributed by atoms with Crippen LogP contribution in [0, 0.1) is 0 Å². The molecule has 0 aromatic rings. The molecule has 139 valence electrons. The standard InChI is InChI=1S/C9H18N2O.B23/c1-2-9(12-7-1)8-11-5-3-10-4-6-11;1-13-19(12)22(18(10)11)23(20(14(2)3)15(4)5)21(16(6)7)17(8)9/h9-10H,1-8H2;. The van der Waals surface area contributed by atoms with Crippen LogP contribution in [0.4, 0.5) is 0 Å². The Bertz CT molecular complexity index is 509.